The largest absolute Gasteiger partial charge is 0.393 e. The van der Waals surface area contributed by atoms with Gasteiger partial charge in [0, 0.05) is 30.6 Å². The van der Waals surface area contributed by atoms with E-state index in [-0.39, 0.29) is 6.10 Å². The van der Waals surface area contributed by atoms with E-state index in [1.807, 2.05) is 0 Å². The lowest BCUT2D eigenvalue weighted by atomic mass is 9.96. The van der Waals surface area contributed by atoms with Crippen LogP contribution in [0.2, 0.25) is 5.15 Å². The molecule has 0 aliphatic carbocycles. The van der Waals surface area contributed by atoms with Gasteiger partial charge in [-0.15, -0.1) is 0 Å². The Bertz CT molecular complexity index is 659. The Labute approximate surface area is 130 Å². The zero-order chi connectivity index (χ0) is 15.0. The van der Waals surface area contributed by atoms with Gasteiger partial charge >= 0.3 is 0 Å². The van der Waals surface area contributed by atoms with Gasteiger partial charge in [-0.25, -0.2) is 4.98 Å². The lowest BCUT2D eigenvalue weighted by molar-refractivity contribution is 0.0320. The molecule has 1 aliphatic heterocycles. The summed E-state index contributed by atoms with van der Waals surface area (Å²) < 4.78 is 0. The van der Waals surface area contributed by atoms with Crippen LogP contribution >= 0.6 is 11.6 Å². The smallest absolute Gasteiger partial charge is 0.134 e. The van der Waals surface area contributed by atoms with Gasteiger partial charge in [0.1, 0.15) is 5.15 Å². The Morgan fingerprint density at radius 1 is 1.38 bits per heavy atom. The Morgan fingerprint density at radius 3 is 2.95 bits per heavy atom. The number of fused-ring (bicyclic) bond motifs is 1. The molecule has 2 atom stereocenters. The molecule has 0 bridgehead atoms. The standard InChI is InChI=1S/C17H21ClN2O/c1-11-3-4-13-8-14(17(18)19-15(13)7-11)10-20-6-5-16(21)12(2)9-20/h3-4,7-8,12,16,21H,5-6,9-10H2,1-2H3. The molecule has 1 N–H and O–H groups in total. The fourth-order valence-corrected chi connectivity index (χ4v) is 3.22. The summed E-state index contributed by atoms with van der Waals surface area (Å²) in [5.74, 6) is 0.314. The van der Waals surface area contributed by atoms with Gasteiger partial charge in [0.25, 0.3) is 0 Å². The van der Waals surface area contributed by atoms with Crippen LogP contribution < -0.4 is 0 Å². The van der Waals surface area contributed by atoms with Crippen molar-refractivity contribution in [1.29, 1.82) is 0 Å². The van der Waals surface area contributed by atoms with Gasteiger partial charge in [-0.1, -0.05) is 30.7 Å². The van der Waals surface area contributed by atoms with Crippen molar-refractivity contribution in [2.24, 2.45) is 5.92 Å². The monoisotopic (exact) mass is 304 g/mol. The minimum atomic E-state index is -0.172. The molecule has 1 saturated heterocycles. The maximum Gasteiger partial charge on any atom is 0.134 e. The van der Waals surface area contributed by atoms with E-state index in [1.165, 1.54) is 5.56 Å². The number of halogens is 1. The van der Waals surface area contributed by atoms with E-state index in [0.717, 1.165) is 42.5 Å². The first kappa shape index (κ1) is 14.8. The number of aliphatic hydroxyl groups is 1. The maximum atomic E-state index is 9.82. The van der Waals surface area contributed by atoms with Gasteiger partial charge in [-0.3, -0.25) is 4.90 Å². The Morgan fingerprint density at radius 2 is 2.19 bits per heavy atom. The molecule has 0 spiro atoms. The molecule has 21 heavy (non-hydrogen) atoms. The molecule has 1 aliphatic rings. The van der Waals surface area contributed by atoms with Crippen LogP contribution in [0.4, 0.5) is 0 Å². The van der Waals surface area contributed by atoms with Crippen LogP contribution in [0.5, 0.6) is 0 Å². The number of nitrogens with zero attached hydrogens (tertiary/aromatic N) is 2. The molecule has 4 heteroatoms. The molecule has 0 amide bonds. The van der Waals surface area contributed by atoms with Crippen molar-refractivity contribution < 1.29 is 5.11 Å². The minimum Gasteiger partial charge on any atom is -0.393 e. The number of benzene rings is 1. The number of rotatable bonds is 2. The normalized spacial score (nSPS) is 23.6. The predicted molar refractivity (Wildman–Crippen MR) is 86.6 cm³/mol. The lowest BCUT2D eigenvalue weighted by Gasteiger charge is -2.34. The average Bonchev–Trinajstić information content (AvgIpc) is 2.44. The van der Waals surface area contributed by atoms with Crippen LogP contribution in [0.25, 0.3) is 10.9 Å². The Kier molecular flexibility index (Phi) is 4.16. The number of likely N-dealkylation sites (tertiary alicyclic amines) is 1. The molecular formula is C17H21ClN2O. The molecule has 2 aromatic rings. The third kappa shape index (κ3) is 3.20. The molecule has 112 valence electrons. The number of piperidine rings is 1. The van der Waals surface area contributed by atoms with Crippen LogP contribution in [0.3, 0.4) is 0 Å². The van der Waals surface area contributed by atoms with E-state index in [9.17, 15) is 5.11 Å². The lowest BCUT2D eigenvalue weighted by Crippen LogP contribution is -2.41. The molecule has 0 saturated carbocycles. The van der Waals surface area contributed by atoms with Crippen molar-refractivity contribution in [2.45, 2.75) is 32.9 Å². The van der Waals surface area contributed by atoms with Crippen LogP contribution in [-0.2, 0) is 6.54 Å². The van der Waals surface area contributed by atoms with E-state index >= 15 is 0 Å². The van der Waals surface area contributed by atoms with Crippen LogP contribution in [0, 0.1) is 12.8 Å². The molecular weight excluding hydrogens is 284 g/mol. The molecule has 1 aromatic heterocycles. The van der Waals surface area contributed by atoms with E-state index in [1.54, 1.807) is 0 Å². The molecule has 3 nitrogen and oxygen atoms in total. The molecule has 3 rings (SSSR count). The summed E-state index contributed by atoms with van der Waals surface area (Å²) in [6.45, 7) is 6.77. The van der Waals surface area contributed by atoms with Crippen molar-refractivity contribution in [2.75, 3.05) is 13.1 Å². The first-order valence-corrected chi connectivity index (χ1v) is 7.87. The summed E-state index contributed by atoms with van der Waals surface area (Å²) in [6.07, 6.45) is 0.661. The van der Waals surface area contributed by atoms with Crippen molar-refractivity contribution >= 4 is 22.5 Å². The molecule has 2 unspecified atom stereocenters. The number of hydrogen-bond acceptors (Lipinski definition) is 3. The fourth-order valence-electron chi connectivity index (χ4n) is 3.01. The Hall–Kier alpha value is -1.16. The molecule has 1 fully saturated rings. The Balaban J connectivity index is 1.84. The zero-order valence-electron chi connectivity index (χ0n) is 12.5. The average molecular weight is 305 g/mol. The summed E-state index contributed by atoms with van der Waals surface area (Å²) >= 11 is 6.35. The first-order valence-electron chi connectivity index (χ1n) is 7.49. The van der Waals surface area contributed by atoms with Gasteiger partial charge in [-0.05, 0) is 37.0 Å². The van der Waals surface area contributed by atoms with Gasteiger partial charge < -0.3 is 5.11 Å². The number of pyridine rings is 1. The van der Waals surface area contributed by atoms with Gasteiger partial charge in [-0.2, -0.15) is 0 Å². The second-order valence-corrected chi connectivity index (χ2v) is 6.56. The van der Waals surface area contributed by atoms with E-state index < -0.39 is 0 Å². The minimum absolute atomic E-state index is 0.172. The fraction of sp³-hybridized carbons (Fsp3) is 0.471. The number of aryl methyl sites for hydroxylation is 1. The first-order chi connectivity index (χ1) is 10.0. The molecule has 1 aromatic carbocycles. The predicted octanol–water partition coefficient (Wildman–Crippen LogP) is 3.40. The highest BCUT2D eigenvalue weighted by Gasteiger charge is 2.24. The zero-order valence-corrected chi connectivity index (χ0v) is 13.3. The van der Waals surface area contributed by atoms with Crippen molar-refractivity contribution in [3.63, 3.8) is 0 Å². The van der Waals surface area contributed by atoms with E-state index in [4.69, 9.17) is 11.6 Å². The third-order valence-corrected chi connectivity index (χ3v) is 4.66. The van der Waals surface area contributed by atoms with Crippen LogP contribution in [-0.4, -0.2) is 34.2 Å². The maximum absolute atomic E-state index is 9.82. The summed E-state index contributed by atoms with van der Waals surface area (Å²) in [5, 5.41) is 11.5. The summed E-state index contributed by atoms with van der Waals surface area (Å²) in [6, 6.07) is 8.39. The summed E-state index contributed by atoms with van der Waals surface area (Å²) in [7, 11) is 0. The SMILES string of the molecule is Cc1ccc2cc(CN3CCC(O)C(C)C3)c(Cl)nc2c1. The topological polar surface area (TPSA) is 36.4 Å². The van der Waals surface area contributed by atoms with Crippen molar-refractivity contribution in [3.8, 4) is 0 Å². The number of hydrogen-bond donors (Lipinski definition) is 1. The molecule has 2 heterocycles. The van der Waals surface area contributed by atoms with E-state index in [2.05, 4.69) is 48.0 Å². The highest BCUT2D eigenvalue weighted by molar-refractivity contribution is 6.30. The van der Waals surface area contributed by atoms with Crippen molar-refractivity contribution in [1.82, 2.24) is 9.88 Å². The second-order valence-electron chi connectivity index (χ2n) is 6.20. The van der Waals surface area contributed by atoms with Crippen molar-refractivity contribution in [3.05, 3.63) is 40.5 Å². The highest BCUT2D eigenvalue weighted by Crippen LogP contribution is 2.25. The summed E-state index contributed by atoms with van der Waals surface area (Å²) in [4.78, 5) is 6.87. The number of aromatic nitrogens is 1. The number of aliphatic hydroxyl groups excluding tert-OH is 1. The highest BCUT2D eigenvalue weighted by atomic mass is 35.5. The quantitative estimate of drug-likeness (QED) is 0.864. The van der Waals surface area contributed by atoms with Gasteiger partial charge in [0.05, 0.1) is 11.6 Å². The van der Waals surface area contributed by atoms with Gasteiger partial charge in [0.15, 0.2) is 0 Å². The second kappa shape index (κ2) is 5.91. The van der Waals surface area contributed by atoms with Crippen LogP contribution in [0.1, 0.15) is 24.5 Å². The van der Waals surface area contributed by atoms with Crippen LogP contribution in [0.15, 0.2) is 24.3 Å². The third-order valence-electron chi connectivity index (χ3n) is 4.34. The van der Waals surface area contributed by atoms with Gasteiger partial charge in [0.2, 0.25) is 0 Å². The summed E-state index contributed by atoms with van der Waals surface area (Å²) in [5.41, 5.74) is 3.21. The van der Waals surface area contributed by atoms with E-state index in [0.29, 0.717) is 11.1 Å². The molecule has 0 radical (unpaired) electrons.